The van der Waals surface area contributed by atoms with Crippen LogP contribution >= 0.6 is 11.3 Å². The number of ether oxygens (including phenoxy) is 1. The topological polar surface area (TPSA) is 75.9 Å². The summed E-state index contributed by atoms with van der Waals surface area (Å²) in [5.41, 5.74) is 1.65. The third kappa shape index (κ3) is 3.12. The quantitative estimate of drug-likeness (QED) is 0.516. The summed E-state index contributed by atoms with van der Waals surface area (Å²) in [5.74, 6) is 1.60. The molecule has 0 atom stereocenters. The molecule has 4 aromatic rings. The second kappa shape index (κ2) is 7.41. The van der Waals surface area contributed by atoms with Crippen molar-refractivity contribution >= 4 is 39.7 Å². The van der Waals surface area contributed by atoms with E-state index in [1.807, 2.05) is 51.1 Å². The first kappa shape index (κ1) is 18.0. The molecule has 0 radical (unpaired) electrons. The van der Waals surface area contributed by atoms with E-state index >= 15 is 0 Å². The summed E-state index contributed by atoms with van der Waals surface area (Å²) < 4.78 is 7.29. The van der Waals surface area contributed by atoms with Gasteiger partial charge in [-0.15, -0.1) is 21.5 Å². The van der Waals surface area contributed by atoms with Gasteiger partial charge in [-0.2, -0.15) is 0 Å². The van der Waals surface area contributed by atoms with Gasteiger partial charge in [-0.25, -0.2) is 9.38 Å². The summed E-state index contributed by atoms with van der Waals surface area (Å²) in [6, 6.07) is 11.7. The van der Waals surface area contributed by atoms with E-state index in [9.17, 15) is 4.79 Å². The molecule has 29 heavy (non-hydrogen) atoms. The molecular formula is C20H20N6O2S. The summed E-state index contributed by atoms with van der Waals surface area (Å²) in [6.45, 7) is 3.04. The van der Waals surface area contributed by atoms with Crippen LogP contribution in [0.3, 0.4) is 0 Å². The Hall–Kier alpha value is -3.04. The molecule has 0 saturated carbocycles. The molecule has 1 aromatic carbocycles. The number of methoxy groups -OCH3 is 1. The standard InChI is InChI=1S/C20H20N6O2S/c1-28-13-17-22-23-18-14-5-2-3-6-15(14)21-20(26(17)18)25-10-8-24(9-11-25)19(27)16-7-4-12-29-16/h2-7,12H,8-11,13H2,1H3. The number of amides is 1. The van der Waals surface area contributed by atoms with Crippen molar-refractivity contribution in [2.45, 2.75) is 6.61 Å². The van der Waals surface area contributed by atoms with Crippen molar-refractivity contribution in [1.82, 2.24) is 24.5 Å². The molecule has 148 valence electrons. The molecule has 0 bridgehead atoms. The third-order valence-electron chi connectivity index (χ3n) is 5.15. The largest absolute Gasteiger partial charge is 0.377 e. The lowest BCUT2D eigenvalue weighted by Gasteiger charge is -2.35. The van der Waals surface area contributed by atoms with E-state index in [1.165, 1.54) is 11.3 Å². The van der Waals surface area contributed by atoms with Crippen molar-refractivity contribution in [3.63, 3.8) is 0 Å². The number of carbonyl (C=O) groups is 1. The number of nitrogens with zero attached hydrogens (tertiary/aromatic N) is 6. The van der Waals surface area contributed by atoms with Crippen molar-refractivity contribution < 1.29 is 9.53 Å². The molecule has 1 aliphatic heterocycles. The second-order valence-corrected chi connectivity index (χ2v) is 7.84. The maximum Gasteiger partial charge on any atom is 0.264 e. The van der Waals surface area contributed by atoms with E-state index in [1.54, 1.807) is 7.11 Å². The number of para-hydroxylation sites is 1. The number of hydrogen-bond acceptors (Lipinski definition) is 7. The number of aromatic nitrogens is 4. The average molecular weight is 408 g/mol. The Labute approximate surface area is 171 Å². The average Bonchev–Trinajstić information content (AvgIpc) is 3.44. The highest BCUT2D eigenvalue weighted by Gasteiger charge is 2.26. The summed E-state index contributed by atoms with van der Waals surface area (Å²) in [6.07, 6.45) is 0. The van der Waals surface area contributed by atoms with E-state index in [0.717, 1.165) is 27.4 Å². The van der Waals surface area contributed by atoms with Crippen molar-refractivity contribution in [3.8, 4) is 0 Å². The number of benzene rings is 1. The third-order valence-corrected chi connectivity index (χ3v) is 6.01. The molecule has 0 unspecified atom stereocenters. The lowest BCUT2D eigenvalue weighted by Crippen LogP contribution is -2.49. The SMILES string of the molecule is COCc1nnc2c3ccccc3nc(N3CCN(C(=O)c4cccs4)CC3)n12. The van der Waals surface area contributed by atoms with Gasteiger partial charge in [-0.1, -0.05) is 18.2 Å². The summed E-state index contributed by atoms with van der Waals surface area (Å²) in [4.78, 5) is 22.4. The number of fused-ring (bicyclic) bond motifs is 3. The normalized spacial score (nSPS) is 14.8. The van der Waals surface area contributed by atoms with Gasteiger partial charge in [0.05, 0.1) is 10.4 Å². The molecule has 0 spiro atoms. The van der Waals surface area contributed by atoms with Crippen LogP contribution in [0, 0.1) is 0 Å². The van der Waals surface area contributed by atoms with Gasteiger partial charge in [0.25, 0.3) is 5.91 Å². The smallest absolute Gasteiger partial charge is 0.264 e. The van der Waals surface area contributed by atoms with Gasteiger partial charge < -0.3 is 14.5 Å². The van der Waals surface area contributed by atoms with E-state index in [2.05, 4.69) is 15.1 Å². The van der Waals surface area contributed by atoms with Crippen molar-refractivity contribution in [1.29, 1.82) is 0 Å². The van der Waals surface area contributed by atoms with Gasteiger partial charge in [0.15, 0.2) is 11.5 Å². The Morgan fingerprint density at radius 1 is 1.10 bits per heavy atom. The Bertz CT molecular complexity index is 1160. The highest BCUT2D eigenvalue weighted by atomic mass is 32.1. The van der Waals surface area contributed by atoms with Crippen LogP contribution in [0.4, 0.5) is 5.95 Å². The van der Waals surface area contributed by atoms with Gasteiger partial charge in [-0.3, -0.25) is 4.79 Å². The number of thiophene rings is 1. The lowest BCUT2D eigenvalue weighted by atomic mass is 10.2. The summed E-state index contributed by atoms with van der Waals surface area (Å²) in [5, 5.41) is 11.6. The van der Waals surface area contributed by atoms with Crippen LogP contribution in [0.15, 0.2) is 41.8 Å². The van der Waals surface area contributed by atoms with Gasteiger partial charge in [0, 0.05) is 38.7 Å². The van der Waals surface area contributed by atoms with Crippen LogP contribution in [0.1, 0.15) is 15.5 Å². The predicted molar refractivity (Wildman–Crippen MR) is 111 cm³/mol. The zero-order chi connectivity index (χ0) is 19.8. The fourth-order valence-corrected chi connectivity index (χ4v) is 4.41. The maximum atomic E-state index is 12.6. The summed E-state index contributed by atoms with van der Waals surface area (Å²) >= 11 is 1.48. The second-order valence-electron chi connectivity index (χ2n) is 6.89. The maximum absolute atomic E-state index is 12.6. The van der Waals surface area contributed by atoms with Gasteiger partial charge >= 0.3 is 0 Å². The fraction of sp³-hybridized carbons (Fsp3) is 0.300. The molecule has 5 rings (SSSR count). The number of hydrogen-bond donors (Lipinski definition) is 0. The van der Waals surface area contributed by atoms with E-state index < -0.39 is 0 Å². The number of anilines is 1. The van der Waals surface area contributed by atoms with E-state index in [0.29, 0.717) is 38.6 Å². The van der Waals surface area contributed by atoms with Gasteiger partial charge in [0.2, 0.25) is 5.95 Å². The first-order valence-corrected chi connectivity index (χ1v) is 10.3. The highest BCUT2D eigenvalue weighted by molar-refractivity contribution is 7.12. The first-order chi connectivity index (χ1) is 14.3. The molecule has 1 fully saturated rings. The lowest BCUT2D eigenvalue weighted by molar-refractivity contribution is 0.0751. The highest BCUT2D eigenvalue weighted by Crippen LogP contribution is 2.25. The predicted octanol–water partition coefficient (Wildman–Crippen LogP) is 2.45. The molecule has 3 aromatic heterocycles. The minimum atomic E-state index is 0.0978. The fourth-order valence-electron chi connectivity index (χ4n) is 3.72. The molecule has 0 aliphatic carbocycles. The number of piperazine rings is 1. The van der Waals surface area contributed by atoms with Crippen LogP contribution in [0.2, 0.25) is 0 Å². The number of rotatable bonds is 4. The Morgan fingerprint density at radius 2 is 1.93 bits per heavy atom. The minimum Gasteiger partial charge on any atom is -0.377 e. The zero-order valence-electron chi connectivity index (χ0n) is 16.0. The molecule has 4 heterocycles. The Balaban J connectivity index is 1.49. The van der Waals surface area contributed by atoms with E-state index in [-0.39, 0.29) is 5.91 Å². The molecule has 1 aliphatic rings. The van der Waals surface area contributed by atoms with Gasteiger partial charge in [-0.05, 0) is 23.6 Å². The molecular weight excluding hydrogens is 388 g/mol. The van der Waals surface area contributed by atoms with Gasteiger partial charge in [0.1, 0.15) is 6.61 Å². The van der Waals surface area contributed by atoms with Crippen LogP contribution in [-0.2, 0) is 11.3 Å². The molecule has 0 N–H and O–H groups in total. The summed E-state index contributed by atoms with van der Waals surface area (Å²) in [7, 11) is 1.64. The minimum absolute atomic E-state index is 0.0978. The molecule has 8 nitrogen and oxygen atoms in total. The van der Waals surface area contributed by atoms with Crippen LogP contribution < -0.4 is 4.90 Å². The number of carbonyl (C=O) groups excluding carboxylic acids is 1. The molecule has 1 saturated heterocycles. The monoisotopic (exact) mass is 408 g/mol. The van der Waals surface area contributed by atoms with Crippen LogP contribution in [0.5, 0.6) is 0 Å². The molecule has 9 heteroatoms. The van der Waals surface area contributed by atoms with Crippen molar-refractivity contribution in [3.05, 3.63) is 52.5 Å². The first-order valence-electron chi connectivity index (χ1n) is 9.45. The van der Waals surface area contributed by atoms with Crippen molar-refractivity contribution in [2.24, 2.45) is 0 Å². The van der Waals surface area contributed by atoms with Crippen LogP contribution in [-0.4, -0.2) is 63.7 Å². The Morgan fingerprint density at radius 3 is 2.69 bits per heavy atom. The van der Waals surface area contributed by atoms with Crippen LogP contribution in [0.25, 0.3) is 16.6 Å². The van der Waals surface area contributed by atoms with E-state index in [4.69, 9.17) is 9.72 Å². The Kier molecular flexibility index (Phi) is 4.61. The molecule has 1 amide bonds. The zero-order valence-corrected chi connectivity index (χ0v) is 16.8. The van der Waals surface area contributed by atoms with Crippen molar-refractivity contribution in [2.75, 3.05) is 38.2 Å².